The summed E-state index contributed by atoms with van der Waals surface area (Å²) in [5, 5.41) is 0. The van der Waals surface area contributed by atoms with Gasteiger partial charge < -0.3 is 14.5 Å². The predicted molar refractivity (Wildman–Crippen MR) is 133 cm³/mol. The Labute approximate surface area is 202 Å². The maximum atomic E-state index is 13.1. The zero-order valence-corrected chi connectivity index (χ0v) is 21.1. The maximum Gasteiger partial charge on any atom is 0.243 e. The van der Waals surface area contributed by atoms with E-state index in [1.807, 2.05) is 43.1 Å². The fraction of sp³-hybridized carbons (Fsp3) is 0.520. The lowest BCUT2D eigenvalue weighted by molar-refractivity contribution is -0.132. The molecule has 1 aromatic carbocycles. The highest BCUT2D eigenvalue weighted by molar-refractivity contribution is 7.89. The van der Waals surface area contributed by atoms with E-state index < -0.39 is 10.0 Å². The zero-order valence-electron chi connectivity index (χ0n) is 20.3. The van der Waals surface area contributed by atoms with Gasteiger partial charge in [-0.1, -0.05) is 20.8 Å². The van der Waals surface area contributed by atoms with E-state index in [2.05, 4.69) is 16.5 Å². The van der Waals surface area contributed by atoms with Crippen LogP contribution < -0.4 is 0 Å². The van der Waals surface area contributed by atoms with Crippen LogP contribution in [0.5, 0.6) is 0 Å². The number of aromatic amines is 1. The molecule has 0 unspecified atom stereocenters. The number of carbonyl (C=O) groups excluding carboxylic acids is 1. The molecule has 34 heavy (non-hydrogen) atoms. The molecule has 184 valence electrons. The van der Waals surface area contributed by atoms with Gasteiger partial charge in [-0.25, -0.2) is 13.4 Å². The van der Waals surface area contributed by atoms with Gasteiger partial charge in [0, 0.05) is 50.9 Å². The van der Waals surface area contributed by atoms with Gasteiger partial charge in [0.15, 0.2) is 0 Å². The van der Waals surface area contributed by atoms with Crippen LogP contribution in [0.2, 0.25) is 0 Å². The maximum absolute atomic E-state index is 13.1. The Balaban J connectivity index is 1.57. The van der Waals surface area contributed by atoms with Gasteiger partial charge in [0.25, 0.3) is 0 Å². The molecule has 1 amide bonds. The molecule has 2 aromatic heterocycles. The first-order chi connectivity index (χ1) is 16.4. The number of likely N-dealkylation sites (tertiary alicyclic amines) is 1. The molecule has 0 bridgehead atoms. The van der Waals surface area contributed by atoms with Crippen molar-refractivity contribution in [2.45, 2.75) is 70.4 Å². The molecule has 9 heteroatoms. The monoisotopic (exact) mass is 485 g/mol. The second-order valence-electron chi connectivity index (χ2n) is 8.79. The zero-order chi connectivity index (χ0) is 24.3. The summed E-state index contributed by atoms with van der Waals surface area (Å²) in [5.74, 6) is 0.968. The van der Waals surface area contributed by atoms with Crippen LogP contribution in [0, 0.1) is 0 Å². The van der Waals surface area contributed by atoms with E-state index >= 15 is 0 Å². The van der Waals surface area contributed by atoms with E-state index in [1.54, 1.807) is 12.1 Å². The molecule has 1 aliphatic heterocycles. The van der Waals surface area contributed by atoms with Gasteiger partial charge in [0.2, 0.25) is 15.9 Å². The van der Waals surface area contributed by atoms with Crippen molar-refractivity contribution in [2.75, 3.05) is 19.6 Å². The summed E-state index contributed by atoms with van der Waals surface area (Å²) >= 11 is 0. The van der Waals surface area contributed by atoms with E-state index in [-0.39, 0.29) is 16.8 Å². The number of sulfonamides is 1. The summed E-state index contributed by atoms with van der Waals surface area (Å²) in [6, 6.07) is 9.32. The van der Waals surface area contributed by atoms with Gasteiger partial charge in [-0.2, -0.15) is 4.31 Å². The van der Waals surface area contributed by atoms with E-state index in [0.717, 1.165) is 49.4 Å². The predicted octanol–water partition coefficient (Wildman–Crippen LogP) is 4.10. The number of aryl methyl sites for hydroxylation is 2. The number of imidazole rings is 1. The molecule has 1 saturated heterocycles. The fourth-order valence-electron chi connectivity index (χ4n) is 5.00. The Morgan fingerprint density at radius 1 is 1.21 bits per heavy atom. The van der Waals surface area contributed by atoms with Crippen LogP contribution in [0.4, 0.5) is 0 Å². The molecule has 0 radical (unpaired) electrons. The summed E-state index contributed by atoms with van der Waals surface area (Å²) in [4.78, 5) is 23.4. The summed E-state index contributed by atoms with van der Waals surface area (Å²) in [5.41, 5.74) is 2.66. The third-order valence-electron chi connectivity index (χ3n) is 6.71. The highest BCUT2D eigenvalue weighted by atomic mass is 32.2. The third kappa shape index (κ3) is 4.63. The number of hydrogen-bond acceptors (Lipinski definition) is 4. The van der Waals surface area contributed by atoms with Crippen LogP contribution in [0.25, 0.3) is 11.0 Å². The lowest BCUT2D eigenvalue weighted by Crippen LogP contribution is -2.31. The molecule has 1 N–H and O–H groups in total. The molecule has 1 aliphatic rings. The van der Waals surface area contributed by atoms with Gasteiger partial charge in [-0.3, -0.25) is 4.79 Å². The average molecular weight is 486 g/mol. The van der Waals surface area contributed by atoms with E-state index in [0.29, 0.717) is 31.4 Å². The van der Waals surface area contributed by atoms with Crippen molar-refractivity contribution in [1.29, 1.82) is 0 Å². The van der Waals surface area contributed by atoms with Crippen molar-refractivity contribution in [3.05, 3.63) is 48.0 Å². The number of aromatic nitrogens is 3. The average Bonchev–Trinajstić information content (AvgIpc) is 3.58. The van der Waals surface area contributed by atoms with E-state index in [1.165, 1.54) is 4.31 Å². The number of amides is 1. The third-order valence-corrected chi connectivity index (χ3v) is 8.75. The van der Waals surface area contributed by atoms with Crippen molar-refractivity contribution in [3.8, 4) is 0 Å². The first kappa shape index (κ1) is 24.5. The lowest BCUT2D eigenvalue weighted by atomic mass is 10.1. The molecule has 1 atom stereocenters. The molecular weight excluding hydrogens is 450 g/mol. The minimum absolute atomic E-state index is 0.116. The number of nitrogens with zero attached hydrogens (tertiary/aromatic N) is 4. The molecule has 0 aliphatic carbocycles. The number of carbonyl (C=O) groups is 1. The van der Waals surface area contributed by atoms with Gasteiger partial charge >= 0.3 is 0 Å². The lowest BCUT2D eigenvalue weighted by Gasteiger charge is -2.24. The summed E-state index contributed by atoms with van der Waals surface area (Å²) in [7, 11) is -3.55. The van der Waals surface area contributed by atoms with Gasteiger partial charge in [-0.05, 0) is 49.6 Å². The largest absolute Gasteiger partial charge is 0.363 e. The molecule has 0 saturated carbocycles. The van der Waals surface area contributed by atoms with Crippen LogP contribution in [-0.2, 0) is 27.8 Å². The Bertz CT molecular complexity index is 1230. The number of benzene rings is 1. The minimum atomic E-state index is -3.55. The molecule has 8 nitrogen and oxygen atoms in total. The molecule has 3 aromatic rings. The van der Waals surface area contributed by atoms with Crippen LogP contribution in [-0.4, -0.2) is 57.7 Å². The quantitative estimate of drug-likeness (QED) is 0.468. The topological polar surface area (TPSA) is 91.3 Å². The fourth-order valence-corrected chi connectivity index (χ4v) is 6.48. The summed E-state index contributed by atoms with van der Waals surface area (Å²) in [6.07, 6.45) is 5.72. The molecule has 1 fully saturated rings. The van der Waals surface area contributed by atoms with Gasteiger partial charge in [0.1, 0.15) is 5.82 Å². The molecule has 3 heterocycles. The SMILES string of the molecule is CCCn1c(CCC(=O)N2CCC[C@H]2c2ccc[nH]2)nc2cc(S(=O)(=O)N(CC)CC)ccc21. The van der Waals surface area contributed by atoms with Gasteiger partial charge in [0.05, 0.1) is 22.0 Å². The number of fused-ring (bicyclic) bond motifs is 1. The van der Waals surface area contributed by atoms with Crippen molar-refractivity contribution in [1.82, 2.24) is 23.7 Å². The van der Waals surface area contributed by atoms with Crippen LogP contribution in [0.15, 0.2) is 41.4 Å². The smallest absolute Gasteiger partial charge is 0.243 e. The second-order valence-corrected chi connectivity index (χ2v) is 10.7. The van der Waals surface area contributed by atoms with Crippen molar-refractivity contribution < 1.29 is 13.2 Å². The Morgan fingerprint density at radius 3 is 2.68 bits per heavy atom. The Hall–Kier alpha value is -2.65. The van der Waals surface area contributed by atoms with Crippen LogP contribution in [0.1, 0.15) is 64.0 Å². The second kappa shape index (κ2) is 10.3. The Kier molecular flexibility index (Phi) is 7.42. The van der Waals surface area contributed by atoms with E-state index in [4.69, 9.17) is 4.98 Å². The number of rotatable bonds is 10. The Morgan fingerprint density at radius 2 is 2.00 bits per heavy atom. The summed E-state index contributed by atoms with van der Waals surface area (Å²) in [6.45, 7) is 8.18. The van der Waals surface area contributed by atoms with Crippen LogP contribution >= 0.6 is 0 Å². The first-order valence-electron chi connectivity index (χ1n) is 12.3. The van der Waals surface area contributed by atoms with E-state index in [9.17, 15) is 13.2 Å². The molecule has 4 rings (SSSR count). The minimum Gasteiger partial charge on any atom is -0.363 e. The number of hydrogen-bond donors (Lipinski definition) is 1. The van der Waals surface area contributed by atoms with Crippen LogP contribution in [0.3, 0.4) is 0 Å². The normalized spacial score (nSPS) is 16.7. The first-order valence-corrected chi connectivity index (χ1v) is 13.8. The van der Waals surface area contributed by atoms with Crippen molar-refractivity contribution in [3.63, 3.8) is 0 Å². The molecule has 0 spiro atoms. The number of H-pyrrole nitrogens is 1. The molecular formula is C25H35N5O3S. The highest BCUT2D eigenvalue weighted by Gasteiger charge is 2.30. The number of nitrogens with one attached hydrogen (secondary N) is 1. The van der Waals surface area contributed by atoms with Crippen molar-refractivity contribution in [2.24, 2.45) is 0 Å². The van der Waals surface area contributed by atoms with Crippen molar-refractivity contribution >= 4 is 27.0 Å². The highest BCUT2D eigenvalue weighted by Crippen LogP contribution is 2.32. The summed E-state index contributed by atoms with van der Waals surface area (Å²) < 4.78 is 29.5. The standard InChI is InChI=1S/C25H35N5O3S/c1-4-16-29-23-12-11-19(34(32,33)28(5-2)6-3)18-21(23)27-24(29)13-14-25(31)30-17-8-10-22(30)20-9-7-15-26-20/h7,9,11-12,15,18,22,26H,4-6,8,10,13-14,16-17H2,1-3H3/t22-/m0/s1. The van der Waals surface area contributed by atoms with Gasteiger partial charge in [-0.15, -0.1) is 0 Å².